The minimum absolute atomic E-state index is 0.102. The highest BCUT2D eigenvalue weighted by atomic mass is 32.2. The van der Waals surface area contributed by atoms with Crippen molar-refractivity contribution in [2.45, 2.75) is 9.79 Å². The molecule has 1 aromatic heterocycles. The minimum Gasteiger partial charge on any atom is -0.373 e. The third-order valence-corrected chi connectivity index (χ3v) is 3.27. The lowest BCUT2D eigenvalue weighted by Crippen LogP contribution is -1.91. The van der Waals surface area contributed by atoms with Gasteiger partial charge in [-0.15, -0.1) is 0 Å². The third-order valence-electron chi connectivity index (χ3n) is 2.27. The predicted octanol–water partition coefficient (Wildman–Crippen LogP) is 3.18. The molecule has 1 aromatic carbocycles. The molecule has 0 aliphatic heterocycles. The molecule has 1 heterocycles. The zero-order chi connectivity index (χ0) is 13.0. The van der Waals surface area contributed by atoms with Crippen LogP contribution in [0.15, 0.2) is 52.4 Å². The lowest BCUT2D eigenvalue weighted by molar-refractivity contribution is -0.384. The van der Waals surface area contributed by atoms with Gasteiger partial charge in [-0.2, -0.15) is 0 Å². The van der Waals surface area contributed by atoms with E-state index < -0.39 is 4.92 Å². The fraction of sp³-hybridized carbons (Fsp3) is 0.0833. The van der Waals surface area contributed by atoms with E-state index in [0.717, 1.165) is 15.6 Å². The maximum atomic E-state index is 10.5. The molecule has 0 bridgehead atoms. The summed E-state index contributed by atoms with van der Waals surface area (Å²) in [6.45, 7) is 0. The number of non-ortho nitro benzene ring substituents is 1. The van der Waals surface area contributed by atoms with E-state index in [2.05, 4.69) is 10.3 Å². The van der Waals surface area contributed by atoms with Crippen molar-refractivity contribution in [3.8, 4) is 0 Å². The van der Waals surface area contributed by atoms with E-state index in [-0.39, 0.29) is 5.69 Å². The summed E-state index contributed by atoms with van der Waals surface area (Å²) >= 11 is 1.53. The van der Waals surface area contributed by atoms with Crippen LogP contribution in [0.5, 0.6) is 0 Å². The third kappa shape index (κ3) is 2.98. The van der Waals surface area contributed by atoms with E-state index in [1.807, 2.05) is 19.2 Å². The van der Waals surface area contributed by atoms with E-state index >= 15 is 0 Å². The zero-order valence-corrected chi connectivity index (χ0v) is 10.5. The normalized spacial score (nSPS) is 10.1. The van der Waals surface area contributed by atoms with Crippen molar-refractivity contribution >= 4 is 23.3 Å². The Bertz CT molecular complexity index is 558. The second-order valence-electron chi connectivity index (χ2n) is 3.48. The number of aromatic nitrogens is 1. The summed E-state index contributed by atoms with van der Waals surface area (Å²) in [5.74, 6) is 0.793. The Morgan fingerprint density at radius 2 is 1.94 bits per heavy atom. The summed E-state index contributed by atoms with van der Waals surface area (Å²) in [6, 6.07) is 10.3. The van der Waals surface area contributed by atoms with Crippen LogP contribution in [0.1, 0.15) is 0 Å². The number of nitro groups is 1. The minimum atomic E-state index is -0.403. The van der Waals surface area contributed by atoms with Crippen LogP contribution in [-0.4, -0.2) is 17.0 Å². The van der Waals surface area contributed by atoms with Crippen molar-refractivity contribution in [3.63, 3.8) is 0 Å². The van der Waals surface area contributed by atoms with Crippen LogP contribution in [0.2, 0.25) is 0 Å². The molecule has 0 aliphatic rings. The molecule has 2 aromatic rings. The highest BCUT2D eigenvalue weighted by Gasteiger charge is 2.05. The van der Waals surface area contributed by atoms with Crippen molar-refractivity contribution < 1.29 is 4.92 Å². The van der Waals surface area contributed by atoms with Gasteiger partial charge in [0.2, 0.25) is 0 Å². The van der Waals surface area contributed by atoms with Crippen molar-refractivity contribution in [1.82, 2.24) is 4.98 Å². The van der Waals surface area contributed by atoms with E-state index in [1.165, 1.54) is 23.9 Å². The van der Waals surface area contributed by atoms with Gasteiger partial charge in [0.25, 0.3) is 5.69 Å². The van der Waals surface area contributed by atoms with Gasteiger partial charge in [-0.3, -0.25) is 10.1 Å². The summed E-state index contributed by atoms with van der Waals surface area (Å²) < 4.78 is 0. The zero-order valence-electron chi connectivity index (χ0n) is 9.66. The van der Waals surface area contributed by atoms with Crippen LogP contribution in [0.4, 0.5) is 11.5 Å². The Balaban J connectivity index is 2.15. The summed E-state index contributed by atoms with van der Waals surface area (Å²) in [7, 11) is 1.81. The van der Waals surface area contributed by atoms with E-state index in [1.54, 1.807) is 18.3 Å². The molecule has 6 heteroatoms. The molecule has 0 amide bonds. The second-order valence-corrected chi connectivity index (χ2v) is 4.63. The SMILES string of the molecule is CNc1cc(Sc2ccc([N+](=O)[O-])cc2)ccn1. The van der Waals surface area contributed by atoms with Crippen LogP contribution < -0.4 is 5.32 Å². The van der Waals surface area contributed by atoms with Crippen LogP contribution in [0.25, 0.3) is 0 Å². The molecule has 0 unspecified atom stereocenters. The Hall–Kier alpha value is -2.08. The summed E-state index contributed by atoms with van der Waals surface area (Å²) in [5, 5.41) is 13.5. The lowest BCUT2D eigenvalue weighted by Gasteiger charge is -2.03. The standard InChI is InChI=1S/C12H11N3O2S/c1-13-12-8-11(6-7-14-12)18-10-4-2-9(3-5-10)15(16)17/h2-8H,1H3,(H,13,14). The fourth-order valence-electron chi connectivity index (χ4n) is 1.38. The second kappa shape index (κ2) is 5.50. The Morgan fingerprint density at radius 1 is 1.22 bits per heavy atom. The topological polar surface area (TPSA) is 68.1 Å². The molecular formula is C12H11N3O2S. The number of hydrogen-bond donors (Lipinski definition) is 1. The first-order chi connectivity index (χ1) is 8.69. The summed E-state index contributed by atoms with van der Waals surface area (Å²) in [4.78, 5) is 16.2. The fourth-order valence-corrected chi connectivity index (χ4v) is 2.23. The van der Waals surface area contributed by atoms with Crippen LogP contribution >= 0.6 is 11.8 Å². The van der Waals surface area contributed by atoms with Crippen molar-refractivity contribution in [3.05, 3.63) is 52.7 Å². The molecular weight excluding hydrogens is 250 g/mol. The molecule has 0 atom stereocenters. The average molecular weight is 261 g/mol. The van der Waals surface area contributed by atoms with Gasteiger partial charge in [-0.1, -0.05) is 11.8 Å². The molecule has 0 saturated carbocycles. The van der Waals surface area contributed by atoms with Crippen molar-refractivity contribution in [2.24, 2.45) is 0 Å². The van der Waals surface area contributed by atoms with Gasteiger partial charge in [0.1, 0.15) is 5.82 Å². The molecule has 0 fully saturated rings. The summed E-state index contributed by atoms with van der Waals surface area (Å²) in [6.07, 6.45) is 1.72. The highest BCUT2D eigenvalue weighted by Crippen LogP contribution is 2.29. The van der Waals surface area contributed by atoms with Gasteiger partial charge >= 0.3 is 0 Å². The van der Waals surface area contributed by atoms with E-state index in [9.17, 15) is 10.1 Å². The van der Waals surface area contributed by atoms with Crippen LogP contribution in [-0.2, 0) is 0 Å². The molecule has 0 spiro atoms. The Morgan fingerprint density at radius 3 is 2.56 bits per heavy atom. The van der Waals surface area contributed by atoms with Gasteiger partial charge < -0.3 is 5.32 Å². The average Bonchev–Trinajstić information content (AvgIpc) is 2.39. The highest BCUT2D eigenvalue weighted by molar-refractivity contribution is 7.99. The number of pyridine rings is 1. The summed E-state index contributed by atoms with van der Waals surface area (Å²) in [5.41, 5.74) is 0.102. The molecule has 5 nitrogen and oxygen atoms in total. The monoisotopic (exact) mass is 261 g/mol. The number of benzene rings is 1. The number of rotatable bonds is 4. The van der Waals surface area contributed by atoms with Crippen LogP contribution in [0, 0.1) is 10.1 Å². The number of hydrogen-bond acceptors (Lipinski definition) is 5. The molecule has 0 saturated heterocycles. The molecule has 18 heavy (non-hydrogen) atoms. The van der Waals surface area contributed by atoms with Gasteiger partial charge in [-0.05, 0) is 24.3 Å². The maximum absolute atomic E-state index is 10.5. The first-order valence-corrected chi connectivity index (χ1v) is 6.07. The van der Waals surface area contributed by atoms with Crippen molar-refractivity contribution in [2.75, 3.05) is 12.4 Å². The first-order valence-electron chi connectivity index (χ1n) is 5.25. The largest absolute Gasteiger partial charge is 0.373 e. The van der Waals surface area contributed by atoms with Gasteiger partial charge in [-0.25, -0.2) is 4.98 Å². The van der Waals surface area contributed by atoms with E-state index in [4.69, 9.17) is 0 Å². The quantitative estimate of drug-likeness (QED) is 0.676. The smallest absolute Gasteiger partial charge is 0.269 e. The predicted molar refractivity (Wildman–Crippen MR) is 71.0 cm³/mol. The first kappa shape index (κ1) is 12.4. The number of nitrogens with one attached hydrogen (secondary N) is 1. The molecule has 1 N–H and O–H groups in total. The molecule has 0 aliphatic carbocycles. The number of anilines is 1. The van der Waals surface area contributed by atoms with E-state index in [0.29, 0.717) is 0 Å². The lowest BCUT2D eigenvalue weighted by atomic mass is 10.3. The maximum Gasteiger partial charge on any atom is 0.269 e. The Kier molecular flexibility index (Phi) is 3.78. The van der Waals surface area contributed by atoms with Gasteiger partial charge in [0, 0.05) is 35.2 Å². The van der Waals surface area contributed by atoms with Gasteiger partial charge in [0.05, 0.1) is 4.92 Å². The van der Waals surface area contributed by atoms with Crippen molar-refractivity contribution in [1.29, 1.82) is 0 Å². The molecule has 92 valence electrons. The number of nitro benzene ring substituents is 1. The van der Waals surface area contributed by atoms with Crippen LogP contribution in [0.3, 0.4) is 0 Å². The molecule has 2 rings (SSSR count). The van der Waals surface area contributed by atoms with Gasteiger partial charge in [0.15, 0.2) is 0 Å². The molecule has 0 radical (unpaired) electrons. The Labute approximate surface area is 108 Å². The number of nitrogens with zero attached hydrogens (tertiary/aromatic N) is 2.